The van der Waals surface area contributed by atoms with Gasteiger partial charge in [-0.1, -0.05) is 18.2 Å². The van der Waals surface area contributed by atoms with Crippen molar-refractivity contribution in [2.75, 3.05) is 18.8 Å². The number of fused-ring (bicyclic) bond motifs is 2. The van der Waals surface area contributed by atoms with Crippen LogP contribution in [0, 0.1) is 5.82 Å². The van der Waals surface area contributed by atoms with Crippen molar-refractivity contribution in [2.24, 2.45) is 0 Å². The number of benzene rings is 1. The third-order valence-electron chi connectivity index (χ3n) is 5.89. The predicted molar refractivity (Wildman–Crippen MR) is 112 cm³/mol. The molecule has 1 saturated heterocycles. The minimum Gasteiger partial charge on any atom is -0.485 e. The normalized spacial score (nSPS) is 19.9. The Morgan fingerprint density at radius 1 is 1.24 bits per heavy atom. The second-order valence-electron chi connectivity index (χ2n) is 7.58. The lowest BCUT2D eigenvalue weighted by Gasteiger charge is -2.20. The molecule has 2 aromatic heterocycles. The summed E-state index contributed by atoms with van der Waals surface area (Å²) < 4.78 is 21.7. The highest BCUT2D eigenvalue weighted by molar-refractivity contribution is 5.85. The van der Waals surface area contributed by atoms with Crippen LogP contribution in [0.4, 0.5) is 10.2 Å². The van der Waals surface area contributed by atoms with E-state index in [9.17, 15) is 4.39 Å². The average molecular weight is 416 g/mol. The zero-order valence-corrected chi connectivity index (χ0v) is 16.7. The highest BCUT2D eigenvalue weighted by Gasteiger charge is 2.42. The molecule has 1 spiro atoms. The molecule has 1 fully saturated rings. The average Bonchev–Trinajstić information content (AvgIpc) is 3.41. The molecule has 8 heteroatoms. The van der Waals surface area contributed by atoms with Crippen molar-refractivity contribution in [2.45, 2.75) is 31.4 Å². The first kappa shape index (κ1) is 19.7. The van der Waals surface area contributed by atoms with Gasteiger partial charge in [0.2, 0.25) is 0 Å². The van der Waals surface area contributed by atoms with Gasteiger partial charge >= 0.3 is 0 Å². The topological polar surface area (TPSA) is 78.0 Å². The van der Waals surface area contributed by atoms with E-state index in [-0.39, 0.29) is 36.1 Å². The number of aryl methyl sites for hydroxylation is 1. The van der Waals surface area contributed by atoms with E-state index in [1.54, 1.807) is 24.4 Å². The summed E-state index contributed by atoms with van der Waals surface area (Å²) in [6.07, 6.45) is 4.00. The monoisotopic (exact) mass is 415 g/mol. The van der Waals surface area contributed by atoms with Crippen molar-refractivity contribution in [3.8, 4) is 17.0 Å². The van der Waals surface area contributed by atoms with Gasteiger partial charge in [0.1, 0.15) is 12.4 Å². The predicted octanol–water partition coefficient (Wildman–Crippen LogP) is 3.30. The second kappa shape index (κ2) is 7.65. The zero-order valence-electron chi connectivity index (χ0n) is 15.9. The van der Waals surface area contributed by atoms with Gasteiger partial charge in [0.15, 0.2) is 11.6 Å². The Hall–Kier alpha value is -2.64. The number of halogens is 2. The number of anilines is 1. The number of nitrogen functional groups attached to an aromatic ring is 1. The fourth-order valence-corrected chi connectivity index (χ4v) is 4.26. The molecule has 0 unspecified atom stereocenters. The van der Waals surface area contributed by atoms with E-state index in [4.69, 9.17) is 15.6 Å². The Kier molecular flexibility index (Phi) is 5.19. The van der Waals surface area contributed by atoms with Crippen molar-refractivity contribution >= 4 is 18.2 Å². The van der Waals surface area contributed by atoms with Crippen LogP contribution in [0.25, 0.3) is 11.3 Å². The zero-order chi connectivity index (χ0) is 19.1. The van der Waals surface area contributed by atoms with Gasteiger partial charge in [-0.25, -0.2) is 9.37 Å². The van der Waals surface area contributed by atoms with E-state index in [0.717, 1.165) is 43.7 Å². The van der Waals surface area contributed by atoms with E-state index in [1.807, 2.05) is 6.07 Å². The number of rotatable bonds is 4. The molecule has 1 aromatic carbocycles. The molecule has 6 nitrogen and oxygen atoms in total. The third-order valence-corrected chi connectivity index (χ3v) is 5.89. The smallest absolute Gasteiger partial charge is 0.166 e. The van der Waals surface area contributed by atoms with Gasteiger partial charge in [0.25, 0.3) is 0 Å². The fraction of sp³-hybridized carbons (Fsp3) is 0.333. The summed E-state index contributed by atoms with van der Waals surface area (Å²) >= 11 is 0. The van der Waals surface area contributed by atoms with Crippen LogP contribution in [0.2, 0.25) is 0 Å². The standard InChI is InChI=1S/C21H22FN5O.ClH/c22-16-4-2-1-3-14(16)12-28-18-9-15(11-25-20(18)23)17-10-19-21(5-7-24-13-21)6-8-27(19)26-17;/h1-4,9-11,24H,5-8,12-13H2,(H2,23,25);1H/t21-;/m1./s1. The van der Waals surface area contributed by atoms with E-state index < -0.39 is 0 Å². The van der Waals surface area contributed by atoms with Crippen LogP contribution in [0.15, 0.2) is 42.6 Å². The highest BCUT2D eigenvalue weighted by atomic mass is 35.5. The van der Waals surface area contributed by atoms with Gasteiger partial charge in [-0.15, -0.1) is 12.4 Å². The number of hydrogen-bond donors (Lipinski definition) is 2. The summed E-state index contributed by atoms with van der Waals surface area (Å²) in [6, 6.07) is 10.5. The van der Waals surface area contributed by atoms with Crippen molar-refractivity contribution in [3.05, 3.63) is 59.7 Å². The van der Waals surface area contributed by atoms with Gasteiger partial charge < -0.3 is 15.8 Å². The minimum atomic E-state index is -0.300. The third kappa shape index (κ3) is 3.45. The van der Waals surface area contributed by atoms with Crippen molar-refractivity contribution < 1.29 is 9.13 Å². The molecular weight excluding hydrogens is 393 g/mol. The van der Waals surface area contributed by atoms with Crippen molar-refractivity contribution in [3.63, 3.8) is 0 Å². The molecule has 3 aromatic rings. The molecule has 0 saturated carbocycles. The maximum absolute atomic E-state index is 13.8. The summed E-state index contributed by atoms with van der Waals surface area (Å²) in [6.45, 7) is 3.10. The molecule has 0 radical (unpaired) electrons. The van der Waals surface area contributed by atoms with E-state index in [0.29, 0.717) is 11.3 Å². The van der Waals surface area contributed by atoms with Crippen LogP contribution in [-0.4, -0.2) is 27.9 Å². The summed E-state index contributed by atoms with van der Waals surface area (Å²) in [5.74, 6) is 0.417. The Labute approximate surface area is 174 Å². The number of nitrogens with two attached hydrogens (primary N) is 1. The van der Waals surface area contributed by atoms with Crippen LogP contribution >= 0.6 is 12.4 Å². The molecule has 4 heterocycles. The molecular formula is C21H23ClFN5O. The van der Waals surface area contributed by atoms with E-state index in [1.165, 1.54) is 11.8 Å². The van der Waals surface area contributed by atoms with Gasteiger partial charge in [-0.2, -0.15) is 5.10 Å². The molecule has 2 aliphatic heterocycles. The second-order valence-corrected chi connectivity index (χ2v) is 7.58. The number of nitrogens with zero attached hydrogens (tertiary/aromatic N) is 3. The molecule has 29 heavy (non-hydrogen) atoms. The quantitative estimate of drug-likeness (QED) is 0.683. The largest absolute Gasteiger partial charge is 0.485 e. The SMILES string of the molecule is Cl.Nc1ncc(-c2cc3n(n2)CC[C@@]32CCNC2)cc1OCc1ccccc1F. The lowest BCUT2D eigenvalue weighted by atomic mass is 9.82. The first-order valence-corrected chi connectivity index (χ1v) is 9.56. The highest BCUT2D eigenvalue weighted by Crippen LogP contribution is 2.41. The molecule has 0 bridgehead atoms. The Morgan fingerprint density at radius 2 is 2.10 bits per heavy atom. The van der Waals surface area contributed by atoms with Crippen LogP contribution in [0.5, 0.6) is 5.75 Å². The van der Waals surface area contributed by atoms with Crippen LogP contribution in [0.1, 0.15) is 24.1 Å². The summed E-state index contributed by atoms with van der Waals surface area (Å²) in [7, 11) is 0. The Balaban J connectivity index is 0.00000205. The number of nitrogens with one attached hydrogen (secondary N) is 1. The molecule has 0 aliphatic carbocycles. The summed E-state index contributed by atoms with van der Waals surface area (Å²) in [5, 5.41) is 8.25. The Bertz CT molecular complexity index is 1030. The van der Waals surface area contributed by atoms with E-state index >= 15 is 0 Å². The molecule has 152 valence electrons. The van der Waals surface area contributed by atoms with Gasteiger partial charge in [0, 0.05) is 41.5 Å². The Morgan fingerprint density at radius 3 is 2.90 bits per heavy atom. The van der Waals surface area contributed by atoms with Crippen molar-refractivity contribution in [1.82, 2.24) is 20.1 Å². The molecule has 2 aliphatic rings. The molecule has 5 rings (SSSR count). The molecule has 0 amide bonds. The maximum Gasteiger partial charge on any atom is 0.166 e. The van der Waals surface area contributed by atoms with E-state index in [2.05, 4.69) is 21.0 Å². The number of ether oxygens (including phenoxy) is 1. The first-order valence-electron chi connectivity index (χ1n) is 9.56. The lowest BCUT2D eigenvalue weighted by molar-refractivity contribution is 0.300. The summed E-state index contributed by atoms with van der Waals surface area (Å²) in [5.41, 5.74) is 9.66. The van der Waals surface area contributed by atoms with Gasteiger partial charge in [-0.05, 0) is 37.6 Å². The number of hydrogen-bond acceptors (Lipinski definition) is 5. The van der Waals surface area contributed by atoms with Crippen LogP contribution in [-0.2, 0) is 18.6 Å². The minimum absolute atomic E-state index is 0. The van der Waals surface area contributed by atoms with Crippen molar-refractivity contribution in [1.29, 1.82) is 0 Å². The summed E-state index contributed by atoms with van der Waals surface area (Å²) in [4.78, 5) is 4.26. The number of aromatic nitrogens is 3. The molecule has 3 N–H and O–H groups in total. The lowest BCUT2D eigenvalue weighted by Crippen LogP contribution is -2.25. The van der Waals surface area contributed by atoms with Crippen LogP contribution < -0.4 is 15.8 Å². The number of pyridine rings is 1. The fourth-order valence-electron chi connectivity index (χ4n) is 4.26. The van der Waals surface area contributed by atoms with Gasteiger partial charge in [0.05, 0.1) is 5.69 Å². The van der Waals surface area contributed by atoms with Crippen LogP contribution in [0.3, 0.4) is 0 Å². The van der Waals surface area contributed by atoms with Gasteiger partial charge in [-0.3, -0.25) is 4.68 Å². The first-order chi connectivity index (χ1) is 13.6. The maximum atomic E-state index is 13.8. The molecule has 1 atom stereocenters.